The van der Waals surface area contributed by atoms with E-state index in [2.05, 4.69) is 6.92 Å². The minimum atomic E-state index is -0.0754. The molecule has 0 aromatic rings. The van der Waals surface area contributed by atoms with E-state index in [0.29, 0.717) is 26.1 Å². The molecule has 0 heterocycles. The third-order valence-electron chi connectivity index (χ3n) is 3.74. The van der Waals surface area contributed by atoms with Crippen molar-refractivity contribution in [2.24, 2.45) is 0 Å². The molecule has 0 amide bonds. The van der Waals surface area contributed by atoms with E-state index in [9.17, 15) is 9.59 Å². The molecule has 0 rings (SSSR count). The molecule has 0 saturated heterocycles. The third kappa shape index (κ3) is 17.1. The lowest BCUT2D eigenvalue weighted by Crippen LogP contribution is -2.05. The topological polar surface area (TPSA) is 52.6 Å². The second-order valence-corrected chi connectivity index (χ2v) is 6.12. The molecule has 4 heteroatoms. The van der Waals surface area contributed by atoms with Crippen molar-refractivity contribution in [2.75, 3.05) is 13.2 Å². The zero-order valence-electron chi connectivity index (χ0n) is 15.2. The molecule has 0 spiro atoms. The van der Waals surface area contributed by atoms with Gasteiger partial charge in [-0.2, -0.15) is 0 Å². The smallest absolute Gasteiger partial charge is 0.305 e. The van der Waals surface area contributed by atoms with Gasteiger partial charge in [0.25, 0.3) is 0 Å². The van der Waals surface area contributed by atoms with Crippen LogP contribution in [-0.4, -0.2) is 25.2 Å². The third-order valence-corrected chi connectivity index (χ3v) is 3.74. The van der Waals surface area contributed by atoms with Gasteiger partial charge < -0.3 is 9.47 Å². The van der Waals surface area contributed by atoms with Gasteiger partial charge in [0.1, 0.15) is 0 Å². The molecule has 4 nitrogen and oxygen atoms in total. The van der Waals surface area contributed by atoms with Crippen LogP contribution < -0.4 is 0 Å². The van der Waals surface area contributed by atoms with Gasteiger partial charge in [0, 0.05) is 12.8 Å². The van der Waals surface area contributed by atoms with E-state index in [1.807, 2.05) is 6.92 Å². The minimum absolute atomic E-state index is 0.0554. The lowest BCUT2D eigenvalue weighted by Gasteiger charge is -2.05. The predicted octanol–water partition coefficient (Wildman–Crippen LogP) is 5.18. The summed E-state index contributed by atoms with van der Waals surface area (Å²) in [6, 6.07) is 0. The quantitative estimate of drug-likeness (QED) is 0.289. The van der Waals surface area contributed by atoms with Crippen LogP contribution in [0.3, 0.4) is 0 Å². The highest BCUT2D eigenvalue weighted by atomic mass is 16.5. The van der Waals surface area contributed by atoms with Gasteiger partial charge in [-0.25, -0.2) is 0 Å². The van der Waals surface area contributed by atoms with Crippen molar-refractivity contribution in [3.63, 3.8) is 0 Å². The SMILES string of the molecule is CCCCCCOC(=O)CCCCCCCCC(=O)OCCC. The lowest BCUT2D eigenvalue weighted by molar-refractivity contribution is -0.144. The van der Waals surface area contributed by atoms with Crippen LogP contribution in [0.5, 0.6) is 0 Å². The molecule has 136 valence electrons. The normalized spacial score (nSPS) is 10.5. The van der Waals surface area contributed by atoms with Crippen LogP contribution >= 0.6 is 0 Å². The van der Waals surface area contributed by atoms with Crippen molar-refractivity contribution < 1.29 is 19.1 Å². The van der Waals surface area contributed by atoms with E-state index in [-0.39, 0.29) is 11.9 Å². The Hall–Kier alpha value is -1.06. The first-order valence-corrected chi connectivity index (χ1v) is 9.52. The van der Waals surface area contributed by atoms with Crippen LogP contribution in [0.2, 0.25) is 0 Å². The average Bonchev–Trinajstić information content (AvgIpc) is 2.55. The van der Waals surface area contributed by atoms with Crippen LogP contribution in [0.15, 0.2) is 0 Å². The van der Waals surface area contributed by atoms with Gasteiger partial charge in [-0.05, 0) is 25.7 Å². The summed E-state index contributed by atoms with van der Waals surface area (Å²) in [6.45, 7) is 5.28. The van der Waals surface area contributed by atoms with Crippen molar-refractivity contribution in [1.29, 1.82) is 0 Å². The number of ether oxygens (including phenoxy) is 2. The van der Waals surface area contributed by atoms with E-state index >= 15 is 0 Å². The summed E-state index contributed by atoms with van der Waals surface area (Å²) in [4.78, 5) is 22.8. The first-order valence-electron chi connectivity index (χ1n) is 9.52. The molecule has 0 N–H and O–H groups in total. The summed E-state index contributed by atoms with van der Waals surface area (Å²) in [5.41, 5.74) is 0. The van der Waals surface area contributed by atoms with Crippen molar-refractivity contribution in [2.45, 2.75) is 97.3 Å². The van der Waals surface area contributed by atoms with Crippen molar-refractivity contribution in [3.05, 3.63) is 0 Å². The number of carbonyl (C=O) groups is 2. The Balaban J connectivity index is 3.23. The molecule has 0 aromatic carbocycles. The van der Waals surface area contributed by atoms with E-state index in [4.69, 9.17) is 9.47 Å². The molecule has 0 unspecified atom stereocenters. The van der Waals surface area contributed by atoms with Gasteiger partial charge in [0.2, 0.25) is 0 Å². The molecule has 0 saturated carbocycles. The molecule has 0 aliphatic rings. The Morgan fingerprint density at radius 3 is 1.57 bits per heavy atom. The predicted molar refractivity (Wildman–Crippen MR) is 93.3 cm³/mol. The van der Waals surface area contributed by atoms with Gasteiger partial charge in [-0.3, -0.25) is 9.59 Å². The fourth-order valence-electron chi connectivity index (χ4n) is 2.32. The summed E-state index contributed by atoms with van der Waals surface area (Å²) in [5, 5.41) is 0. The number of carbonyl (C=O) groups excluding carboxylic acids is 2. The van der Waals surface area contributed by atoms with Crippen LogP contribution in [0.25, 0.3) is 0 Å². The summed E-state index contributed by atoms with van der Waals surface area (Å²) < 4.78 is 10.2. The second kappa shape index (κ2) is 17.3. The van der Waals surface area contributed by atoms with E-state index < -0.39 is 0 Å². The van der Waals surface area contributed by atoms with Crippen LogP contribution in [-0.2, 0) is 19.1 Å². The number of unbranched alkanes of at least 4 members (excludes halogenated alkanes) is 8. The maximum Gasteiger partial charge on any atom is 0.305 e. The number of rotatable bonds is 16. The largest absolute Gasteiger partial charge is 0.466 e. The van der Waals surface area contributed by atoms with Crippen LogP contribution in [0.1, 0.15) is 97.3 Å². The highest BCUT2D eigenvalue weighted by molar-refractivity contribution is 5.69. The fraction of sp³-hybridized carbons (Fsp3) is 0.895. The average molecular weight is 328 g/mol. The zero-order chi connectivity index (χ0) is 17.2. The molecule has 0 radical (unpaired) electrons. The minimum Gasteiger partial charge on any atom is -0.466 e. The molecule has 0 aliphatic heterocycles. The van der Waals surface area contributed by atoms with Crippen molar-refractivity contribution in [3.8, 4) is 0 Å². The summed E-state index contributed by atoms with van der Waals surface area (Å²) in [6.07, 6.45) is 12.7. The van der Waals surface area contributed by atoms with Gasteiger partial charge in [-0.15, -0.1) is 0 Å². The summed E-state index contributed by atoms with van der Waals surface area (Å²) >= 11 is 0. The number of esters is 2. The molecular weight excluding hydrogens is 292 g/mol. The van der Waals surface area contributed by atoms with E-state index in [0.717, 1.165) is 57.8 Å². The Labute approximate surface area is 142 Å². The zero-order valence-corrected chi connectivity index (χ0v) is 15.2. The highest BCUT2D eigenvalue weighted by Crippen LogP contribution is 2.10. The van der Waals surface area contributed by atoms with Crippen LogP contribution in [0.4, 0.5) is 0 Å². The van der Waals surface area contributed by atoms with E-state index in [1.54, 1.807) is 0 Å². The Bertz CT molecular complexity index is 289. The number of hydrogen-bond acceptors (Lipinski definition) is 4. The molecule has 0 bridgehead atoms. The van der Waals surface area contributed by atoms with Gasteiger partial charge in [0.05, 0.1) is 13.2 Å². The lowest BCUT2D eigenvalue weighted by atomic mass is 10.1. The molecule has 23 heavy (non-hydrogen) atoms. The molecule has 0 aromatic heterocycles. The fourth-order valence-corrected chi connectivity index (χ4v) is 2.32. The Morgan fingerprint density at radius 1 is 0.565 bits per heavy atom. The number of hydrogen-bond donors (Lipinski definition) is 0. The standard InChI is InChI=1S/C19H36O4/c1-3-5-6-13-17-23-19(21)15-12-10-8-7-9-11-14-18(20)22-16-4-2/h3-17H2,1-2H3. The van der Waals surface area contributed by atoms with Gasteiger partial charge >= 0.3 is 11.9 Å². The highest BCUT2D eigenvalue weighted by Gasteiger charge is 2.03. The van der Waals surface area contributed by atoms with Crippen molar-refractivity contribution in [1.82, 2.24) is 0 Å². The molecule has 0 fully saturated rings. The first-order chi connectivity index (χ1) is 11.2. The van der Waals surface area contributed by atoms with Gasteiger partial charge in [0.15, 0.2) is 0 Å². The summed E-state index contributed by atoms with van der Waals surface area (Å²) in [5.74, 6) is -0.131. The summed E-state index contributed by atoms with van der Waals surface area (Å²) in [7, 11) is 0. The molecular formula is C19H36O4. The maximum atomic E-state index is 11.5. The van der Waals surface area contributed by atoms with E-state index in [1.165, 1.54) is 12.8 Å². The monoisotopic (exact) mass is 328 g/mol. The Kier molecular flexibility index (Phi) is 16.5. The molecule has 0 atom stereocenters. The Morgan fingerprint density at radius 2 is 1.04 bits per heavy atom. The van der Waals surface area contributed by atoms with Crippen molar-refractivity contribution >= 4 is 11.9 Å². The van der Waals surface area contributed by atoms with Gasteiger partial charge in [-0.1, -0.05) is 58.8 Å². The second-order valence-electron chi connectivity index (χ2n) is 6.12. The molecule has 0 aliphatic carbocycles. The maximum absolute atomic E-state index is 11.5. The first kappa shape index (κ1) is 21.9. The van der Waals surface area contributed by atoms with Crippen LogP contribution in [0, 0.1) is 0 Å².